The molecule has 158 valence electrons. The number of imidazole rings is 1. The molecule has 0 aromatic carbocycles. The maximum atomic E-state index is 11.2. The van der Waals surface area contributed by atoms with Crippen molar-refractivity contribution >= 4 is 34.5 Å². The second-order valence-electron chi connectivity index (χ2n) is 6.65. The van der Waals surface area contributed by atoms with E-state index in [1.165, 1.54) is 17.0 Å². The SMILES string of the molecule is CCC(C[125I])(CO[C@@H]1O[C@H](C(=O)O)[C@@H](O)[C@H](O)[C@H]1O)Cn1ccnc1[N+](=O)[O-]. The van der Waals surface area contributed by atoms with E-state index in [-0.39, 0.29) is 19.1 Å². The molecule has 0 aliphatic carbocycles. The number of carboxylic acids is 1. The molecule has 0 radical (unpaired) electrons. The van der Waals surface area contributed by atoms with E-state index in [0.29, 0.717) is 10.8 Å². The Morgan fingerprint density at radius 3 is 2.64 bits per heavy atom. The molecule has 13 heteroatoms. The van der Waals surface area contributed by atoms with Crippen LogP contribution in [0.15, 0.2) is 12.4 Å². The normalized spacial score (nSPS) is 30.0. The molecule has 1 aliphatic heterocycles. The van der Waals surface area contributed by atoms with Crippen molar-refractivity contribution in [1.29, 1.82) is 0 Å². The molecule has 0 amide bonds. The molecule has 2 rings (SSSR count). The topological polar surface area (TPSA) is 177 Å². The van der Waals surface area contributed by atoms with Crippen LogP contribution >= 0.6 is 22.6 Å². The van der Waals surface area contributed by atoms with Crippen LogP contribution in [0.25, 0.3) is 0 Å². The summed E-state index contributed by atoms with van der Waals surface area (Å²) in [7, 11) is 0. The smallest absolute Gasteiger partial charge is 0.434 e. The molecule has 0 spiro atoms. The Balaban J connectivity index is 2.14. The zero-order valence-corrected chi connectivity index (χ0v) is 17.1. The summed E-state index contributed by atoms with van der Waals surface area (Å²) in [5.41, 5.74) is -0.616. The maximum absolute atomic E-state index is 11.2. The van der Waals surface area contributed by atoms with E-state index >= 15 is 0 Å². The molecule has 1 fully saturated rings. The highest BCUT2D eigenvalue weighted by atomic mass is 125. The highest BCUT2D eigenvalue weighted by Crippen LogP contribution is 2.31. The molecular weight excluding hydrogens is 491 g/mol. The maximum Gasteiger partial charge on any atom is 0.434 e. The number of alkyl halides is 1. The second-order valence-corrected chi connectivity index (χ2v) is 7.41. The van der Waals surface area contributed by atoms with Gasteiger partial charge in [-0.15, -0.1) is 0 Å². The van der Waals surface area contributed by atoms with E-state index in [4.69, 9.17) is 14.6 Å². The van der Waals surface area contributed by atoms with Crippen LogP contribution in [-0.2, 0) is 20.8 Å². The first kappa shape index (κ1) is 22.9. The van der Waals surface area contributed by atoms with E-state index < -0.39 is 47.0 Å². The van der Waals surface area contributed by atoms with Crippen molar-refractivity contribution in [3.63, 3.8) is 0 Å². The number of rotatable bonds is 9. The van der Waals surface area contributed by atoms with Gasteiger partial charge in [0.2, 0.25) is 0 Å². The molecule has 4 N–H and O–H groups in total. The lowest BCUT2D eigenvalue weighted by Gasteiger charge is -2.40. The molecule has 12 nitrogen and oxygen atoms in total. The number of hydrogen-bond donors (Lipinski definition) is 4. The lowest BCUT2D eigenvalue weighted by atomic mass is 9.88. The Labute approximate surface area is 173 Å². The van der Waals surface area contributed by atoms with Crippen LogP contribution in [0.3, 0.4) is 0 Å². The van der Waals surface area contributed by atoms with Gasteiger partial charge >= 0.3 is 11.9 Å². The number of aromatic nitrogens is 2. The monoisotopic (exact) mass is 513 g/mol. The van der Waals surface area contributed by atoms with Gasteiger partial charge in [-0.25, -0.2) is 9.36 Å². The van der Waals surface area contributed by atoms with E-state index in [9.17, 15) is 30.2 Å². The molecule has 28 heavy (non-hydrogen) atoms. The van der Waals surface area contributed by atoms with Gasteiger partial charge < -0.3 is 40.0 Å². The van der Waals surface area contributed by atoms with Crippen LogP contribution in [0.4, 0.5) is 5.95 Å². The minimum atomic E-state index is -1.80. The van der Waals surface area contributed by atoms with Gasteiger partial charge in [0.05, 0.1) is 13.2 Å². The van der Waals surface area contributed by atoms with Crippen molar-refractivity contribution in [2.24, 2.45) is 5.41 Å². The minimum Gasteiger partial charge on any atom is -0.479 e. The van der Waals surface area contributed by atoms with Gasteiger partial charge in [0.15, 0.2) is 12.4 Å². The minimum absolute atomic E-state index is 0.0430. The summed E-state index contributed by atoms with van der Waals surface area (Å²) >= 11 is 2.11. The quantitative estimate of drug-likeness (QED) is 0.146. The lowest BCUT2D eigenvalue weighted by Crippen LogP contribution is -2.60. The molecule has 6 atom stereocenters. The number of aliphatic hydroxyl groups is 3. The molecule has 1 aromatic rings. The standard InChI is InChI=1S/C15H22IN3O9/c1-2-15(5-16,6-18-4-3-17-14(18)19(25)26)7-27-13-10(22)8(20)9(21)11(28-13)12(23)24/h3-4,8-11,13,20-22H,2,5-7H2,1H3,(H,23,24)/t8-,9-,10+,11-,13+,15?/m0/s1/i16-2. The number of nitrogens with zero attached hydrogens (tertiary/aromatic N) is 3. The third kappa shape index (κ3) is 4.77. The van der Waals surface area contributed by atoms with Gasteiger partial charge in [-0.1, -0.05) is 34.5 Å². The molecule has 1 saturated heterocycles. The Hall–Kier alpha value is -1.39. The Bertz CT molecular complexity index is 696. The van der Waals surface area contributed by atoms with Gasteiger partial charge in [0.25, 0.3) is 0 Å². The number of carboxylic acid groups (broad SMARTS) is 1. The number of nitro groups is 1. The lowest BCUT2D eigenvalue weighted by molar-refractivity contribution is -0.397. The van der Waals surface area contributed by atoms with Crippen molar-refractivity contribution in [3.05, 3.63) is 22.5 Å². The summed E-state index contributed by atoms with van der Waals surface area (Å²) < 4.78 is 12.6. The highest BCUT2D eigenvalue weighted by molar-refractivity contribution is 14.1. The fraction of sp³-hybridized carbons (Fsp3) is 0.733. The average Bonchev–Trinajstić information content (AvgIpc) is 3.12. The van der Waals surface area contributed by atoms with Crippen LogP contribution in [0.1, 0.15) is 13.3 Å². The fourth-order valence-electron chi connectivity index (χ4n) is 2.84. The predicted molar refractivity (Wildman–Crippen MR) is 101 cm³/mol. The van der Waals surface area contributed by atoms with Crippen LogP contribution < -0.4 is 0 Å². The summed E-state index contributed by atoms with van der Waals surface area (Å²) in [6.45, 7) is 2.01. The van der Waals surface area contributed by atoms with Crippen molar-refractivity contribution in [3.8, 4) is 0 Å². The van der Waals surface area contributed by atoms with Crippen LogP contribution in [-0.4, -0.2) is 82.6 Å². The molecular formula is C15H22IN3O9. The van der Waals surface area contributed by atoms with Gasteiger partial charge in [-0.3, -0.25) is 0 Å². The second kappa shape index (κ2) is 9.41. The third-order valence-corrected chi connectivity index (χ3v) is 6.38. The fourth-order valence-corrected chi connectivity index (χ4v) is 3.84. The average molecular weight is 513 g/mol. The predicted octanol–water partition coefficient (Wildman–Crippen LogP) is -0.469. The Morgan fingerprint density at radius 1 is 1.43 bits per heavy atom. The van der Waals surface area contributed by atoms with Crippen LogP contribution in [0.5, 0.6) is 0 Å². The van der Waals surface area contributed by atoms with E-state index in [1.807, 2.05) is 6.92 Å². The number of ether oxygens (including phenoxy) is 2. The van der Waals surface area contributed by atoms with Crippen molar-refractivity contribution in [2.45, 2.75) is 50.6 Å². The van der Waals surface area contributed by atoms with Gasteiger partial charge in [0.1, 0.15) is 30.7 Å². The largest absolute Gasteiger partial charge is 0.479 e. The molecule has 1 unspecified atom stereocenters. The van der Waals surface area contributed by atoms with E-state index in [2.05, 4.69) is 27.6 Å². The summed E-state index contributed by atoms with van der Waals surface area (Å²) in [5.74, 6) is -1.82. The Kier molecular flexibility index (Phi) is 7.69. The van der Waals surface area contributed by atoms with Gasteiger partial charge in [0, 0.05) is 9.84 Å². The number of halogens is 1. The summed E-state index contributed by atoms with van der Waals surface area (Å²) in [6, 6.07) is 0. The van der Waals surface area contributed by atoms with Crippen molar-refractivity contribution in [2.75, 3.05) is 11.0 Å². The number of aliphatic carboxylic acids is 1. The zero-order valence-electron chi connectivity index (χ0n) is 14.9. The number of hydrogen-bond acceptors (Lipinski definition) is 9. The van der Waals surface area contributed by atoms with Gasteiger partial charge in [-0.05, 0) is 11.3 Å². The van der Waals surface area contributed by atoms with Crippen molar-refractivity contribution < 1.29 is 39.6 Å². The highest BCUT2D eigenvalue weighted by Gasteiger charge is 2.48. The van der Waals surface area contributed by atoms with E-state index in [1.54, 1.807) is 0 Å². The first-order valence-corrected chi connectivity index (χ1v) is 9.94. The van der Waals surface area contributed by atoms with Crippen LogP contribution in [0, 0.1) is 15.5 Å². The first-order valence-electron chi connectivity index (χ1n) is 8.41. The number of aliphatic hydroxyl groups excluding tert-OH is 3. The summed E-state index contributed by atoms with van der Waals surface area (Å²) in [6.07, 6.45) is -5.12. The molecule has 0 bridgehead atoms. The van der Waals surface area contributed by atoms with Gasteiger partial charge in [-0.2, -0.15) is 0 Å². The molecule has 0 saturated carbocycles. The first-order chi connectivity index (χ1) is 13.2. The van der Waals surface area contributed by atoms with Crippen LogP contribution in [0.2, 0.25) is 0 Å². The Morgan fingerprint density at radius 2 is 2.11 bits per heavy atom. The number of carbonyl (C=O) groups is 1. The van der Waals surface area contributed by atoms with E-state index in [0.717, 1.165) is 0 Å². The molecule has 1 aliphatic rings. The third-order valence-electron chi connectivity index (χ3n) is 4.76. The zero-order chi connectivity index (χ0) is 21.1. The van der Waals surface area contributed by atoms with Crippen molar-refractivity contribution in [1.82, 2.24) is 9.55 Å². The summed E-state index contributed by atoms with van der Waals surface area (Å²) in [4.78, 5) is 25.4. The molecule has 2 heterocycles. The summed E-state index contributed by atoms with van der Waals surface area (Å²) in [5, 5.41) is 49.8. The molecule has 1 aromatic heterocycles.